The highest BCUT2D eigenvalue weighted by molar-refractivity contribution is 5.94. The van der Waals surface area contributed by atoms with Gasteiger partial charge in [-0.25, -0.2) is 4.39 Å². The van der Waals surface area contributed by atoms with Gasteiger partial charge in [-0.05, 0) is 31.2 Å². The first-order chi connectivity index (χ1) is 8.04. The molecule has 0 saturated heterocycles. The molecule has 0 atom stereocenters. The van der Waals surface area contributed by atoms with Crippen molar-refractivity contribution in [3.8, 4) is 0 Å². The molecule has 1 aromatic carbocycles. The van der Waals surface area contributed by atoms with Gasteiger partial charge in [0.05, 0.1) is 6.42 Å². The molecule has 1 aromatic rings. The number of benzene rings is 1. The van der Waals surface area contributed by atoms with Gasteiger partial charge in [-0.2, -0.15) is 0 Å². The van der Waals surface area contributed by atoms with E-state index in [4.69, 9.17) is 5.11 Å². The Balaban J connectivity index is 2.73. The van der Waals surface area contributed by atoms with E-state index in [9.17, 15) is 14.0 Å². The Kier molecular flexibility index (Phi) is 4.63. The minimum Gasteiger partial charge on any atom is -0.481 e. The lowest BCUT2D eigenvalue weighted by Gasteiger charge is -2.20. The molecule has 0 aliphatic rings. The van der Waals surface area contributed by atoms with E-state index in [1.807, 2.05) is 0 Å². The molecule has 1 amide bonds. The van der Waals surface area contributed by atoms with Gasteiger partial charge in [0.25, 0.3) is 0 Å². The van der Waals surface area contributed by atoms with Crippen molar-refractivity contribution in [3.63, 3.8) is 0 Å². The molecule has 0 aliphatic carbocycles. The molecule has 0 saturated carbocycles. The minimum absolute atomic E-state index is 0.0550. The fraction of sp³-hybridized carbons (Fsp3) is 0.333. The van der Waals surface area contributed by atoms with E-state index < -0.39 is 5.97 Å². The van der Waals surface area contributed by atoms with Crippen LogP contribution in [0.15, 0.2) is 24.3 Å². The van der Waals surface area contributed by atoms with E-state index in [0.29, 0.717) is 12.2 Å². The van der Waals surface area contributed by atoms with E-state index >= 15 is 0 Å². The Bertz CT molecular complexity index is 403. The summed E-state index contributed by atoms with van der Waals surface area (Å²) in [5, 5.41) is 8.50. The van der Waals surface area contributed by atoms with E-state index in [2.05, 4.69) is 0 Å². The number of aliphatic carboxylic acids is 1. The second-order valence-corrected chi connectivity index (χ2v) is 3.51. The predicted molar refractivity (Wildman–Crippen MR) is 61.3 cm³/mol. The van der Waals surface area contributed by atoms with E-state index in [1.165, 1.54) is 29.2 Å². The van der Waals surface area contributed by atoms with Crippen LogP contribution in [0, 0.1) is 5.82 Å². The molecule has 17 heavy (non-hydrogen) atoms. The van der Waals surface area contributed by atoms with Crippen molar-refractivity contribution >= 4 is 17.6 Å². The molecule has 0 radical (unpaired) electrons. The molecule has 1 rings (SSSR count). The van der Waals surface area contributed by atoms with Gasteiger partial charge in [-0.15, -0.1) is 0 Å². The molecule has 0 spiro atoms. The van der Waals surface area contributed by atoms with Crippen molar-refractivity contribution in [1.82, 2.24) is 0 Å². The first-order valence-corrected chi connectivity index (χ1v) is 5.32. The monoisotopic (exact) mass is 239 g/mol. The maximum Gasteiger partial charge on any atom is 0.303 e. The third-order valence-electron chi connectivity index (χ3n) is 2.31. The largest absolute Gasteiger partial charge is 0.481 e. The third kappa shape index (κ3) is 3.86. The van der Waals surface area contributed by atoms with Crippen LogP contribution in [0.25, 0.3) is 0 Å². The van der Waals surface area contributed by atoms with Crippen molar-refractivity contribution in [1.29, 1.82) is 0 Å². The lowest BCUT2D eigenvalue weighted by atomic mass is 10.2. The first kappa shape index (κ1) is 13.2. The second-order valence-electron chi connectivity index (χ2n) is 3.51. The quantitative estimate of drug-likeness (QED) is 0.855. The molecule has 0 aromatic heterocycles. The summed E-state index contributed by atoms with van der Waals surface area (Å²) in [5.41, 5.74) is 0.573. The topological polar surface area (TPSA) is 57.6 Å². The Morgan fingerprint density at radius 2 is 1.82 bits per heavy atom. The van der Waals surface area contributed by atoms with Crippen LogP contribution in [0.5, 0.6) is 0 Å². The Morgan fingerprint density at radius 3 is 2.29 bits per heavy atom. The number of halogens is 1. The van der Waals surface area contributed by atoms with Gasteiger partial charge in [0, 0.05) is 18.7 Å². The number of rotatable bonds is 5. The van der Waals surface area contributed by atoms with Crippen LogP contribution in [0.4, 0.5) is 10.1 Å². The molecule has 92 valence electrons. The van der Waals surface area contributed by atoms with Crippen LogP contribution in [0.1, 0.15) is 19.8 Å². The maximum absolute atomic E-state index is 12.7. The summed E-state index contributed by atoms with van der Waals surface area (Å²) in [5.74, 6) is -1.65. The van der Waals surface area contributed by atoms with Crippen molar-refractivity contribution < 1.29 is 19.1 Å². The number of nitrogens with zero attached hydrogens (tertiary/aromatic N) is 1. The Hall–Kier alpha value is -1.91. The predicted octanol–water partition coefficient (Wildman–Crippen LogP) is 2.04. The average Bonchev–Trinajstić information content (AvgIpc) is 2.30. The van der Waals surface area contributed by atoms with Crippen molar-refractivity contribution in [2.75, 3.05) is 11.4 Å². The molecular weight excluding hydrogens is 225 g/mol. The highest BCUT2D eigenvalue weighted by atomic mass is 19.1. The van der Waals surface area contributed by atoms with Gasteiger partial charge < -0.3 is 10.0 Å². The van der Waals surface area contributed by atoms with Crippen LogP contribution in [0.2, 0.25) is 0 Å². The standard InChI is InChI=1S/C12H14FNO3/c1-2-14(11(15)7-8-12(16)17)10-5-3-9(13)4-6-10/h3-6H,2,7-8H2,1H3,(H,16,17). The van der Waals surface area contributed by atoms with E-state index in [-0.39, 0.29) is 24.6 Å². The van der Waals surface area contributed by atoms with Gasteiger partial charge in [-0.3, -0.25) is 9.59 Å². The fourth-order valence-electron chi connectivity index (χ4n) is 1.47. The number of hydrogen-bond donors (Lipinski definition) is 1. The first-order valence-electron chi connectivity index (χ1n) is 5.32. The number of hydrogen-bond acceptors (Lipinski definition) is 2. The summed E-state index contributed by atoms with van der Waals surface area (Å²) >= 11 is 0. The summed E-state index contributed by atoms with van der Waals surface area (Å²) in [6.07, 6.45) is -0.253. The van der Waals surface area contributed by atoms with Crippen LogP contribution in [-0.4, -0.2) is 23.5 Å². The zero-order chi connectivity index (χ0) is 12.8. The highest BCUT2D eigenvalue weighted by Gasteiger charge is 2.14. The smallest absolute Gasteiger partial charge is 0.303 e. The van der Waals surface area contributed by atoms with Crippen molar-refractivity contribution in [2.24, 2.45) is 0 Å². The zero-order valence-electron chi connectivity index (χ0n) is 9.52. The highest BCUT2D eigenvalue weighted by Crippen LogP contribution is 2.16. The van der Waals surface area contributed by atoms with Crippen LogP contribution < -0.4 is 4.90 Å². The van der Waals surface area contributed by atoms with Crippen LogP contribution >= 0.6 is 0 Å². The van der Waals surface area contributed by atoms with Gasteiger partial charge in [0.1, 0.15) is 5.82 Å². The van der Waals surface area contributed by atoms with Crippen LogP contribution in [-0.2, 0) is 9.59 Å². The molecule has 0 heterocycles. The molecule has 0 bridgehead atoms. The average molecular weight is 239 g/mol. The van der Waals surface area contributed by atoms with E-state index in [0.717, 1.165) is 0 Å². The number of carboxylic acid groups (broad SMARTS) is 1. The van der Waals surface area contributed by atoms with Crippen molar-refractivity contribution in [2.45, 2.75) is 19.8 Å². The zero-order valence-corrected chi connectivity index (χ0v) is 9.52. The lowest BCUT2D eigenvalue weighted by Crippen LogP contribution is -2.30. The number of carbonyl (C=O) groups is 2. The lowest BCUT2D eigenvalue weighted by molar-refractivity contribution is -0.138. The molecular formula is C12H14FNO3. The van der Waals surface area contributed by atoms with Gasteiger partial charge >= 0.3 is 5.97 Å². The normalized spacial score (nSPS) is 10.0. The van der Waals surface area contributed by atoms with Gasteiger partial charge in [0.15, 0.2) is 0 Å². The summed E-state index contributed by atoms with van der Waals surface area (Å²) in [7, 11) is 0. The number of anilines is 1. The van der Waals surface area contributed by atoms with Gasteiger partial charge in [-0.1, -0.05) is 0 Å². The molecule has 0 aliphatic heterocycles. The SMILES string of the molecule is CCN(C(=O)CCC(=O)O)c1ccc(F)cc1. The maximum atomic E-state index is 12.7. The molecule has 5 heteroatoms. The van der Waals surface area contributed by atoms with Crippen LogP contribution in [0.3, 0.4) is 0 Å². The molecule has 0 fully saturated rings. The fourth-order valence-corrected chi connectivity index (χ4v) is 1.47. The number of carboxylic acids is 1. The molecule has 1 N–H and O–H groups in total. The van der Waals surface area contributed by atoms with Gasteiger partial charge in [0.2, 0.25) is 5.91 Å². The van der Waals surface area contributed by atoms with Crippen molar-refractivity contribution in [3.05, 3.63) is 30.1 Å². The Morgan fingerprint density at radius 1 is 1.24 bits per heavy atom. The third-order valence-corrected chi connectivity index (χ3v) is 2.31. The molecule has 4 nitrogen and oxygen atoms in total. The number of carbonyl (C=O) groups excluding carboxylic acids is 1. The molecule has 0 unspecified atom stereocenters. The summed E-state index contributed by atoms with van der Waals surface area (Å²) < 4.78 is 12.7. The summed E-state index contributed by atoms with van der Waals surface area (Å²) in [6.45, 7) is 2.20. The van der Waals surface area contributed by atoms with E-state index in [1.54, 1.807) is 6.92 Å². The summed E-state index contributed by atoms with van der Waals surface area (Å²) in [6, 6.07) is 5.53. The Labute approximate surface area is 98.7 Å². The minimum atomic E-state index is -1.01. The number of amides is 1. The summed E-state index contributed by atoms with van der Waals surface area (Å²) in [4.78, 5) is 23.5. The second kappa shape index (κ2) is 5.98.